The molecule has 2 bridgehead atoms. The van der Waals surface area contributed by atoms with Gasteiger partial charge in [-0.15, -0.1) is 11.3 Å². The summed E-state index contributed by atoms with van der Waals surface area (Å²) in [5.74, 6) is 0.0430. The molecule has 1 aliphatic heterocycles. The van der Waals surface area contributed by atoms with Crippen LogP contribution < -0.4 is 0 Å². The Kier molecular flexibility index (Phi) is 8.20. The maximum Gasteiger partial charge on any atom is 0.410 e. The second-order valence-electron chi connectivity index (χ2n) is 14.8. The van der Waals surface area contributed by atoms with Crippen LogP contribution in [0, 0.1) is 5.41 Å². The number of ether oxygens (including phenoxy) is 1. The Labute approximate surface area is 292 Å². The van der Waals surface area contributed by atoms with Crippen molar-refractivity contribution in [3.63, 3.8) is 0 Å². The number of allylic oxidation sites excluding steroid dienone is 2. The molecule has 2 heterocycles. The van der Waals surface area contributed by atoms with Crippen molar-refractivity contribution in [3.05, 3.63) is 130 Å². The van der Waals surface area contributed by atoms with Gasteiger partial charge in [0.05, 0.1) is 17.5 Å². The molecular formula is C43H43NO4S. The fraction of sp³-hybridized carbons (Fsp3) is 0.349. The normalized spacial score (nSPS) is 25.8. The lowest BCUT2D eigenvalue weighted by atomic mass is 9.65. The summed E-state index contributed by atoms with van der Waals surface area (Å²) >= 11 is 1.54. The molecule has 1 aromatic heterocycles. The summed E-state index contributed by atoms with van der Waals surface area (Å²) in [6.45, 7) is 5.47. The van der Waals surface area contributed by atoms with E-state index >= 15 is 0 Å². The summed E-state index contributed by atoms with van der Waals surface area (Å²) in [7, 11) is 0. The van der Waals surface area contributed by atoms with Gasteiger partial charge in [-0.25, -0.2) is 4.79 Å². The van der Waals surface area contributed by atoms with Crippen molar-refractivity contribution < 1.29 is 19.4 Å². The van der Waals surface area contributed by atoms with Crippen LogP contribution in [0.3, 0.4) is 0 Å². The number of carbonyl (C=O) groups is 2. The first-order valence-corrected chi connectivity index (χ1v) is 18.5. The van der Waals surface area contributed by atoms with E-state index in [1.54, 1.807) is 0 Å². The van der Waals surface area contributed by atoms with E-state index in [1.807, 2.05) is 41.3 Å². The monoisotopic (exact) mass is 669 g/mol. The highest BCUT2D eigenvalue weighted by molar-refractivity contribution is 7.21. The summed E-state index contributed by atoms with van der Waals surface area (Å²) in [4.78, 5) is 31.0. The number of hydrogen-bond donors (Lipinski definition) is 1. The molecule has 1 spiro atoms. The fourth-order valence-corrected chi connectivity index (χ4v) is 9.98. The van der Waals surface area contributed by atoms with E-state index in [2.05, 4.69) is 74.5 Å². The van der Waals surface area contributed by atoms with E-state index < -0.39 is 17.1 Å². The summed E-state index contributed by atoms with van der Waals surface area (Å²) in [5.41, 5.74) is 4.02. The predicted octanol–water partition coefficient (Wildman–Crippen LogP) is 9.98. The molecule has 3 aliphatic carbocycles. The molecule has 4 atom stereocenters. The van der Waals surface area contributed by atoms with E-state index in [0.29, 0.717) is 31.5 Å². The van der Waals surface area contributed by atoms with Crippen LogP contribution in [0.15, 0.2) is 103 Å². The summed E-state index contributed by atoms with van der Waals surface area (Å²) in [6.07, 6.45) is 6.81. The van der Waals surface area contributed by atoms with Crippen molar-refractivity contribution >= 4 is 44.1 Å². The van der Waals surface area contributed by atoms with E-state index in [0.717, 1.165) is 74.5 Å². The molecule has 1 N–H and O–H groups in total. The lowest BCUT2D eigenvalue weighted by Gasteiger charge is -2.43. The number of benzene rings is 4. The second-order valence-corrected chi connectivity index (χ2v) is 15.8. The molecule has 6 heteroatoms. The lowest BCUT2D eigenvalue weighted by Crippen LogP contribution is -2.48. The maximum absolute atomic E-state index is 14.6. The van der Waals surface area contributed by atoms with Crippen molar-refractivity contribution in [3.8, 4) is 0 Å². The van der Waals surface area contributed by atoms with Gasteiger partial charge in [0.2, 0.25) is 5.78 Å². The molecule has 4 aromatic carbocycles. The molecule has 0 unspecified atom stereocenters. The molecule has 2 fully saturated rings. The smallest absolute Gasteiger partial charge is 0.410 e. The second kappa shape index (κ2) is 12.6. The minimum absolute atomic E-state index is 0.0155. The zero-order chi connectivity index (χ0) is 33.8. The van der Waals surface area contributed by atoms with Crippen LogP contribution in [0.2, 0.25) is 0 Å². The molecule has 4 aliphatic rings. The van der Waals surface area contributed by atoms with E-state index in [-0.39, 0.29) is 17.8 Å². The van der Waals surface area contributed by atoms with Crippen LogP contribution >= 0.6 is 11.3 Å². The quantitative estimate of drug-likeness (QED) is 0.153. The molecule has 49 heavy (non-hydrogen) atoms. The van der Waals surface area contributed by atoms with Crippen molar-refractivity contribution in [1.29, 1.82) is 0 Å². The number of fused-ring (bicyclic) bond motifs is 10. The Hall–Kier alpha value is -4.26. The van der Waals surface area contributed by atoms with Gasteiger partial charge in [-0.05, 0) is 109 Å². The van der Waals surface area contributed by atoms with Crippen LogP contribution in [0.25, 0.3) is 20.9 Å². The summed E-state index contributed by atoms with van der Waals surface area (Å²) in [6, 6.07) is 31.0. The first kappa shape index (κ1) is 32.0. The number of thiophene rings is 1. The lowest BCUT2D eigenvalue weighted by molar-refractivity contribution is -0.0373. The molecular weight excluding hydrogens is 627 g/mol. The van der Waals surface area contributed by atoms with Gasteiger partial charge in [-0.3, -0.25) is 9.69 Å². The maximum atomic E-state index is 14.6. The molecule has 1 saturated heterocycles. The molecule has 9 rings (SSSR count). The number of ketones is 1. The van der Waals surface area contributed by atoms with Gasteiger partial charge in [0, 0.05) is 22.2 Å². The van der Waals surface area contributed by atoms with Crippen LogP contribution in [-0.2, 0) is 17.7 Å². The Balaban J connectivity index is 1.20. The zero-order valence-corrected chi connectivity index (χ0v) is 29.1. The number of nitrogens with zero attached hydrogens (tertiary/aromatic N) is 1. The van der Waals surface area contributed by atoms with Crippen LogP contribution in [0.4, 0.5) is 4.79 Å². The first-order chi connectivity index (χ1) is 23.7. The Morgan fingerprint density at radius 1 is 0.959 bits per heavy atom. The topological polar surface area (TPSA) is 66.8 Å². The highest BCUT2D eigenvalue weighted by atomic mass is 32.1. The molecule has 5 nitrogen and oxygen atoms in total. The third-order valence-corrected chi connectivity index (χ3v) is 12.9. The van der Waals surface area contributed by atoms with Gasteiger partial charge in [0.1, 0.15) is 5.60 Å². The Bertz CT molecular complexity index is 2080. The van der Waals surface area contributed by atoms with E-state index in [1.165, 1.54) is 16.9 Å². The molecule has 0 radical (unpaired) electrons. The van der Waals surface area contributed by atoms with Gasteiger partial charge >= 0.3 is 6.09 Å². The van der Waals surface area contributed by atoms with Gasteiger partial charge in [-0.1, -0.05) is 91.4 Å². The van der Waals surface area contributed by atoms with E-state index in [9.17, 15) is 14.7 Å². The van der Waals surface area contributed by atoms with Crippen molar-refractivity contribution in [2.24, 2.45) is 5.41 Å². The number of aliphatic hydroxyl groups is 1. The minimum Gasteiger partial charge on any atom is -0.440 e. The van der Waals surface area contributed by atoms with Crippen LogP contribution in [0.1, 0.15) is 90.2 Å². The largest absolute Gasteiger partial charge is 0.440 e. The molecule has 1 saturated carbocycles. The SMILES string of the molecule is CC1=CCC[C@@]2(C)[C@@H](CC[C@@]23CN(Cc2cccc4ccccc24)C(=O)O3)c2ccc(cc2C(=O)c2cc3ccccc3s2)C[C@@H](O)CC1. The Morgan fingerprint density at radius 3 is 2.61 bits per heavy atom. The van der Waals surface area contributed by atoms with Gasteiger partial charge in [0.15, 0.2) is 0 Å². The minimum atomic E-state index is -0.676. The number of amides is 1. The average molecular weight is 670 g/mol. The number of carbonyl (C=O) groups excluding carboxylic acids is 2. The summed E-state index contributed by atoms with van der Waals surface area (Å²) < 4.78 is 7.70. The Morgan fingerprint density at radius 2 is 1.76 bits per heavy atom. The third kappa shape index (κ3) is 5.69. The van der Waals surface area contributed by atoms with Gasteiger partial charge in [-0.2, -0.15) is 0 Å². The zero-order valence-electron chi connectivity index (χ0n) is 28.3. The number of aliphatic hydroxyl groups excluding tert-OH is 1. The molecule has 250 valence electrons. The van der Waals surface area contributed by atoms with Crippen molar-refractivity contribution in [2.45, 2.75) is 83.0 Å². The standard InChI is InChI=1S/C43H43NO4S/c1-28-9-8-21-42(2)37(20-22-43(42)27-44(41(47)48-43)26-32-13-7-12-30-10-3-5-14-34(30)32)35-19-17-29(23-33(45)18-16-28)24-36(35)40(46)39-25-31-11-4-6-15-38(31)49-39/h3-7,9-15,17,19,24-25,33,37,45H,8,16,18,20-23,26-27H2,1-2H3/t33-,37-,42-,43+/m0/s1. The summed E-state index contributed by atoms with van der Waals surface area (Å²) in [5, 5.41) is 14.4. The predicted molar refractivity (Wildman–Crippen MR) is 197 cm³/mol. The molecule has 5 aromatic rings. The fourth-order valence-electron chi connectivity index (χ4n) is 8.97. The average Bonchev–Trinajstić information content (AvgIpc) is 3.76. The van der Waals surface area contributed by atoms with Crippen molar-refractivity contribution in [2.75, 3.05) is 6.54 Å². The van der Waals surface area contributed by atoms with Gasteiger partial charge < -0.3 is 9.84 Å². The first-order valence-electron chi connectivity index (χ1n) is 17.7. The van der Waals surface area contributed by atoms with Crippen molar-refractivity contribution in [1.82, 2.24) is 4.90 Å². The van der Waals surface area contributed by atoms with Gasteiger partial charge in [0.25, 0.3) is 0 Å². The number of rotatable bonds is 4. The highest BCUT2D eigenvalue weighted by Gasteiger charge is 2.64. The molecule has 1 amide bonds. The number of hydrogen-bond acceptors (Lipinski definition) is 5. The third-order valence-electron chi connectivity index (χ3n) is 11.8. The van der Waals surface area contributed by atoms with Crippen LogP contribution in [0.5, 0.6) is 0 Å². The van der Waals surface area contributed by atoms with E-state index in [4.69, 9.17) is 4.74 Å². The highest BCUT2D eigenvalue weighted by Crippen LogP contribution is 2.62. The van der Waals surface area contributed by atoms with Crippen LogP contribution in [-0.4, -0.2) is 40.1 Å².